The summed E-state index contributed by atoms with van der Waals surface area (Å²) in [5.74, 6) is 0. The molecule has 0 amide bonds. The third-order valence-corrected chi connectivity index (χ3v) is 6.13. The first-order chi connectivity index (χ1) is 13.8. The van der Waals surface area contributed by atoms with Crippen molar-refractivity contribution in [2.24, 2.45) is 0 Å². The molecule has 150 valence electrons. The van der Waals surface area contributed by atoms with Crippen LogP contribution < -0.4 is 4.72 Å². The third-order valence-electron chi connectivity index (χ3n) is 4.44. The van der Waals surface area contributed by atoms with Gasteiger partial charge in [-0.2, -0.15) is 0 Å². The van der Waals surface area contributed by atoms with Gasteiger partial charge in [-0.05, 0) is 43.3 Å². The number of sulfonamides is 1. The van der Waals surface area contributed by atoms with Gasteiger partial charge >= 0.3 is 0 Å². The summed E-state index contributed by atoms with van der Waals surface area (Å²) in [6.07, 6.45) is 1.44. The predicted molar refractivity (Wildman–Crippen MR) is 116 cm³/mol. The highest BCUT2D eigenvalue weighted by Crippen LogP contribution is 2.20. The van der Waals surface area contributed by atoms with Crippen molar-refractivity contribution in [1.29, 1.82) is 0 Å². The van der Waals surface area contributed by atoms with Gasteiger partial charge in [0.2, 0.25) is 16.1 Å². The van der Waals surface area contributed by atoms with E-state index in [4.69, 9.17) is 11.6 Å². The van der Waals surface area contributed by atoms with Crippen LogP contribution in [-0.4, -0.2) is 25.9 Å². The average Bonchev–Trinajstić information content (AvgIpc) is 2.70. The average molecular weight is 429 g/mol. The summed E-state index contributed by atoms with van der Waals surface area (Å²) in [5.41, 5.74) is 2.34. The summed E-state index contributed by atoms with van der Waals surface area (Å²) < 4.78 is 28.6. The molecule has 1 N–H and O–H groups in total. The molecule has 3 rings (SSSR count). The van der Waals surface area contributed by atoms with Gasteiger partial charge in [-0.15, -0.1) is 0 Å². The van der Waals surface area contributed by atoms with Crippen molar-refractivity contribution in [1.82, 2.24) is 4.72 Å². The van der Waals surface area contributed by atoms with E-state index in [1.165, 1.54) is 6.21 Å². The minimum atomic E-state index is -3.75. The molecule has 0 saturated heterocycles. The number of aryl methyl sites for hydroxylation is 1. The maximum atomic E-state index is 12.9. The van der Waals surface area contributed by atoms with E-state index in [0.29, 0.717) is 10.6 Å². The molecule has 0 bridgehead atoms. The number of rotatable bonds is 7. The van der Waals surface area contributed by atoms with Crippen LogP contribution >= 0.6 is 11.6 Å². The van der Waals surface area contributed by atoms with E-state index < -0.39 is 16.1 Å². The van der Waals surface area contributed by atoms with Gasteiger partial charge in [0.05, 0.1) is 11.4 Å². The van der Waals surface area contributed by atoms with E-state index in [2.05, 4.69) is 4.72 Å². The minimum absolute atomic E-state index is 0.0926. The molecule has 0 saturated carbocycles. The highest BCUT2D eigenvalue weighted by atomic mass is 35.5. The molecule has 0 fully saturated rings. The molecule has 0 aliphatic rings. The number of hydrogen-bond acceptors (Lipinski definition) is 3. The van der Waals surface area contributed by atoms with E-state index in [1.807, 2.05) is 25.1 Å². The van der Waals surface area contributed by atoms with Gasteiger partial charge in [0, 0.05) is 16.1 Å². The summed E-state index contributed by atoms with van der Waals surface area (Å²) >= 11 is 5.96. The fourth-order valence-electron chi connectivity index (χ4n) is 2.81. The van der Waals surface area contributed by atoms with E-state index in [-0.39, 0.29) is 11.4 Å². The number of nitrogens with zero attached hydrogens (tertiary/aromatic N) is 1. The minimum Gasteiger partial charge on any atom is -0.623 e. The van der Waals surface area contributed by atoms with Gasteiger partial charge in [0.15, 0.2) is 6.21 Å². The van der Waals surface area contributed by atoms with Crippen LogP contribution in [0, 0.1) is 12.1 Å². The van der Waals surface area contributed by atoms with Crippen LogP contribution in [0.5, 0.6) is 0 Å². The van der Waals surface area contributed by atoms with Gasteiger partial charge < -0.3 is 5.21 Å². The topological polar surface area (TPSA) is 72.2 Å². The zero-order valence-electron chi connectivity index (χ0n) is 15.8. The number of nitrogens with one attached hydrogen (secondary N) is 1. The smallest absolute Gasteiger partial charge is 0.240 e. The van der Waals surface area contributed by atoms with Gasteiger partial charge in [-0.25, -0.2) is 17.9 Å². The number of hydrogen-bond donors (Lipinski definition) is 1. The second-order valence-electron chi connectivity index (χ2n) is 6.63. The summed E-state index contributed by atoms with van der Waals surface area (Å²) in [7, 11) is -3.75. The van der Waals surface area contributed by atoms with Gasteiger partial charge in [-0.3, -0.25) is 0 Å². The van der Waals surface area contributed by atoms with Crippen LogP contribution in [0.25, 0.3) is 0 Å². The molecule has 0 radical (unpaired) electrons. The van der Waals surface area contributed by atoms with E-state index in [0.717, 1.165) is 15.9 Å². The third kappa shape index (κ3) is 5.67. The Hall–Kier alpha value is -2.67. The van der Waals surface area contributed by atoms with Crippen LogP contribution in [0.1, 0.15) is 22.7 Å². The highest BCUT2D eigenvalue weighted by Gasteiger charge is 2.23. The van der Waals surface area contributed by atoms with Crippen molar-refractivity contribution in [3.63, 3.8) is 0 Å². The molecule has 1 unspecified atom stereocenters. The zero-order valence-corrected chi connectivity index (χ0v) is 17.4. The Morgan fingerprint density at radius 1 is 1.00 bits per heavy atom. The molecular formula is C22H21ClN2O3S. The van der Waals surface area contributed by atoms with Gasteiger partial charge in [-0.1, -0.05) is 59.6 Å². The van der Waals surface area contributed by atoms with Crippen LogP contribution in [0.3, 0.4) is 0 Å². The van der Waals surface area contributed by atoms with E-state index in [1.54, 1.807) is 60.7 Å². The molecule has 3 aromatic rings. The monoisotopic (exact) mass is 428 g/mol. The van der Waals surface area contributed by atoms with Crippen molar-refractivity contribution < 1.29 is 13.2 Å². The lowest BCUT2D eigenvalue weighted by atomic mass is 10.1. The second kappa shape index (κ2) is 9.22. The molecule has 5 nitrogen and oxygen atoms in total. The molecule has 0 aromatic heterocycles. The molecule has 3 aromatic carbocycles. The van der Waals surface area contributed by atoms with Crippen molar-refractivity contribution >= 4 is 27.8 Å². The molecule has 1 atom stereocenters. The summed E-state index contributed by atoms with van der Waals surface area (Å²) in [6, 6.07) is 21.7. The lowest BCUT2D eigenvalue weighted by molar-refractivity contribution is -0.500. The van der Waals surface area contributed by atoms with Gasteiger partial charge in [0.25, 0.3) is 0 Å². The molecule has 7 heteroatoms. The molecule has 29 heavy (non-hydrogen) atoms. The summed E-state index contributed by atoms with van der Waals surface area (Å²) in [4.78, 5) is 0.155. The second-order valence-corrected chi connectivity index (χ2v) is 8.84. The maximum Gasteiger partial charge on any atom is 0.240 e. The zero-order chi connectivity index (χ0) is 20.9. The maximum absolute atomic E-state index is 12.9. The summed E-state index contributed by atoms with van der Waals surface area (Å²) in [6.45, 7) is 1.79. The fourth-order valence-corrected chi connectivity index (χ4v) is 3.97. The van der Waals surface area contributed by atoms with Crippen molar-refractivity contribution in [2.75, 3.05) is 6.54 Å². The summed E-state index contributed by atoms with van der Waals surface area (Å²) in [5, 5.41) is 13.4. The van der Waals surface area contributed by atoms with Crippen LogP contribution in [0.4, 0.5) is 0 Å². The Bertz CT molecular complexity index is 1080. The first-order valence-corrected chi connectivity index (χ1v) is 10.9. The normalized spacial score (nSPS) is 13.2. The molecular weight excluding hydrogens is 408 g/mol. The Morgan fingerprint density at radius 3 is 2.24 bits per heavy atom. The van der Waals surface area contributed by atoms with E-state index >= 15 is 0 Å². The molecule has 0 aliphatic carbocycles. The number of halogens is 1. The SMILES string of the molecule is Cc1ccc(S(=O)(=O)NCC(c2ccc(Cl)cc2)/[N+]([O-])=C/c2ccccc2)cc1. The van der Waals surface area contributed by atoms with Crippen LogP contribution in [0.2, 0.25) is 5.02 Å². The number of benzene rings is 3. The highest BCUT2D eigenvalue weighted by molar-refractivity contribution is 7.89. The van der Waals surface area contributed by atoms with Crippen molar-refractivity contribution in [2.45, 2.75) is 17.9 Å². The van der Waals surface area contributed by atoms with Gasteiger partial charge in [0.1, 0.15) is 0 Å². The predicted octanol–water partition coefficient (Wildman–Crippen LogP) is 4.30. The van der Waals surface area contributed by atoms with Crippen LogP contribution in [0.15, 0.2) is 83.8 Å². The molecule has 0 aliphatic heterocycles. The Morgan fingerprint density at radius 2 is 1.62 bits per heavy atom. The standard InChI is InChI=1S/C22H21ClN2O3S/c1-17-7-13-21(14-8-17)29(27,28)24-15-22(19-9-11-20(23)12-10-19)25(26)16-18-5-3-2-4-6-18/h2-14,16,22,24H,15H2,1H3/b25-16-. The lowest BCUT2D eigenvalue weighted by Gasteiger charge is -2.18. The van der Waals surface area contributed by atoms with Crippen LogP contribution in [-0.2, 0) is 10.0 Å². The molecule has 0 heterocycles. The number of hydroxylamine groups is 1. The quantitative estimate of drug-likeness (QED) is 0.264. The van der Waals surface area contributed by atoms with Crippen molar-refractivity contribution in [3.05, 3.63) is 106 Å². The fraction of sp³-hybridized carbons (Fsp3) is 0.136. The Labute approximate surface area is 175 Å². The first kappa shape index (κ1) is 21.0. The van der Waals surface area contributed by atoms with Crippen molar-refractivity contribution in [3.8, 4) is 0 Å². The Balaban J connectivity index is 1.88. The molecule has 0 spiro atoms. The largest absolute Gasteiger partial charge is 0.623 e. The first-order valence-electron chi connectivity index (χ1n) is 9.02. The van der Waals surface area contributed by atoms with E-state index in [9.17, 15) is 13.6 Å². The Kier molecular flexibility index (Phi) is 6.69. The lowest BCUT2D eigenvalue weighted by Crippen LogP contribution is -2.32.